The molecule has 0 aliphatic carbocycles. The fourth-order valence-electron chi connectivity index (χ4n) is 2.05. The van der Waals surface area contributed by atoms with Crippen molar-refractivity contribution in [2.45, 2.75) is 13.0 Å². The van der Waals surface area contributed by atoms with Gasteiger partial charge in [0.05, 0.1) is 17.8 Å². The summed E-state index contributed by atoms with van der Waals surface area (Å²) < 4.78 is 5.44. The number of ether oxygens (including phenoxy) is 1. The molecule has 6 heteroatoms. The molecule has 0 bridgehead atoms. The maximum Gasteiger partial charge on any atom is 0.271 e. The number of rotatable bonds is 3. The first-order valence-electron chi connectivity index (χ1n) is 5.96. The quantitative estimate of drug-likeness (QED) is 0.901. The molecule has 98 valence electrons. The number of halogens is 1. The van der Waals surface area contributed by atoms with Crippen LogP contribution in [-0.4, -0.2) is 22.7 Å². The predicted molar refractivity (Wildman–Crippen MR) is 70.4 cm³/mol. The summed E-state index contributed by atoms with van der Waals surface area (Å²) in [6.45, 7) is 1.18. The van der Waals surface area contributed by atoms with E-state index in [4.69, 9.17) is 16.3 Å². The molecule has 0 spiro atoms. The van der Waals surface area contributed by atoms with Crippen LogP contribution in [0.4, 0.5) is 0 Å². The summed E-state index contributed by atoms with van der Waals surface area (Å²) in [5.74, 6) is 0.672. The number of nitrogens with zero attached hydrogens (tertiary/aromatic N) is 1. The average Bonchev–Trinajstić information content (AvgIpc) is 3.03. The highest BCUT2D eigenvalue weighted by molar-refractivity contribution is 6.33. The highest BCUT2D eigenvalue weighted by atomic mass is 35.5. The third-order valence-electron chi connectivity index (χ3n) is 3.03. The van der Waals surface area contributed by atoms with Crippen molar-refractivity contribution in [3.8, 4) is 5.75 Å². The maximum atomic E-state index is 11.8. The van der Waals surface area contributed by atoms with Gasteiger partial charge in [-0.25, -0.2) is 0 Å². The Morgan fingerprint density at radius 3 is 3.21 bits per heavy atom. The zero-order valence-corrected chi connectivity index (χ0v) is 10.8. The first-order valence-corrected chi connectivity index (χ1v) is 6.33. The highest BCUT2D eigenvalue weighted by Crippen LogP contribution is 2.25. The lowest BCUT2D eigenvalue weighted by atomic mass is 10.1. The summed E-state index contributed by atoms with van der Waals surface area (Å²) in [6, 6.07) is 5.93. The fraction of sp³-hybridized carbons (Fsp3) is 0.231. The van der Waals surface area contributed by atoms with Crippen LogP contribution < -0.4 is 10.1 Å². The van der Waals surface area contributed by atoms with Crippen molar-refractivity contribution in [3.05, 3.63) is 46.2 Å². The van der Waals surface area contributed by atoms with Gasteiger partial charge >= 0.3 is 0 Å². The van der Waals surface area contributed by atoms with E-state index < -0.39 is 0 Å². The summed E-state index contributed by atoms with van der Waals surface area (Å²) >= 11 is 5.82. The number of hydrogen-bond acceptors (Lipinski definition) is 3. The zero-order valence-electron chi connectivity index (χ0n) is 10.1. The van der Waals surface area contributed by atoms with E-state index in [0.29, 0.717) is 11.6 Å². The number of aromatic nitrogens is 2. The molecule has 0 unspecified atom stereocenters. The molecular formula is C13H12ClN3O2. The van der Waals surface area contributed by atoms with Gasteiger partial charge in [0.2, 0.25) is 0 Å². The molecule has 5 nitrogen and oxygen atoms in total. The van der Waals surface area contributed by atoms with Crippen molar-refractivity contribution in [1.82, 2.24) is 15.5 Å². The Morgan fingerprint density at radius 2 is 2.42 bits per heavy atom. The lowest BCUT2D eigenvalue weighted by Gasteiger charge is -2.06. The van der Waals surface area contributed by atoms with Crippen LogP contribution in [0.2, 0.25) is 5.02 Å². The van der Waals surface area contributed by atoms with E-state index in [0.717, 1.165) is 24.3 Å². The minimum Gasteiger partial charge on any atom is -0.493 e. The van der Waals surface area contributed by atoms with Crippen molar-refractivity contribution in [1.29, 1.82) is 0 Å². The summed E-state index contributed by atoms with van der Waals surface area (Å²) in [7, 11) is 0. The number of nitrogens with one attached hydrogen (secondary N) is 2. The molecule has 1 amide bonds. The first-order chi connectivity index (χ1) is 9.24. The molecule has 2 heterocycles. The average molecular weight is 278 g/mol. The van der Waals surface area contributed by atoms with Gasteiger partial charge in [-0.3, -0.25) is 9.89 Å². The van der Waals surface area contributed by atoms with Gasteiger partial charge in [-0.1, -0.05) is 23.7 Å². The molecular weight excluding hydrogens is 266 g/mol. The molecule has 1 aliphatic rings. The molecule has 2 N–H and O–H groups in total. The topological polar surface area (TPSA) is 67.0 Å². The van der Waals surface area contributed by atoms with Crippen LogP contribution in [0, 0.1) is 0 Å². The monoisotopic (exact) mass is 277 g/mol. The van der Waals surface area contributed by atoms with Gasteiger partial charge in [-0.05, 0) is 17.2 Å². The van der Waals surface area contributed by atoms with Crippen molar-refractivity contribution >= 4 is 17.5 Å². The number of H-pyrrole nitrogens is 1. The van der Waals surface area contributed by atoms with Crippen LogP contribution >= 0.6 is 11.6 Å². The van der Waals surface area contributed by atoms with E-state index in [1.165, 1.54) is 11.8 Å². The van der Waals surface area contributed by atoms with Crippen LogP contribution in [-0.2, 0) is 13.0 Å². The van der Waals surface area contributed by atoms with Crippen LogP contribution in [0.3, 0.4) is 0 Å². The number of carbonyl (C=O) groups is 1. The van der Waals surface area contributed by atoms with Gasteiger partial charge in [0.25, 0.3) is 5.91 Å². The molecule has 0 atom stereocenters. The zero-order chi connectivity index (χ0) is 13.2. The summed E-state index contributed by atoms with van der Waals surface area (Å²) in [5.41, 5.74) is 2.51. The second-order valence-corrected chi connectivity index (χ2v) is 4.72. The Morgan fingerprint density at radius 1 is 1.53 bits per heavy atom. The van der Waals surface area contributed by atoms with E-state index in [-0.39, 0.29) is 11.6 Å². The minimum absolute atomic E-state index is 0.265. The molecule has 0 saturated carbocycles. The van der Waals surface area contributed by atoms with Crippen LogP contribution in [0.5, 0.6) is 5.75 Å². The van der Waals surface area contributed by atoms with E-state index >= 15 is 0 Å². The first kappa shape index (κ1) is 12.0. The number of fused-ring (bicyclic) bond motifs is 1. The third-order valence-corrected chi connectivity index (χ3v) is 3.31. The summed E-state index contributed by atoms with van der Waals surface area (Å²) in [5, 5.41) is 9.40. The SMILES string of the molecule is O=C(NCc1ccc2c(c1)CCO2)c1[nH]ncc1Cl. The molecule has 2 aromatic rings. The Balaban J connectivity index is 1.66. The molecule has 1 aliphatic heterocycles. The Labute approximate surface area is 114 Å². The van der Waals surface area contributed by atoms with Gasteiger partial charge in [-0.2, -0.15) is 5.10 Å². The van der Waals surface area contributed by atoms with Crippen molar-refractivity contribution in [2.75, 3.05) is 6.61 Å². The maximum absolute atomic E-state index is 11.8. The number of amides is 1. The summed E-state index contributed by atoms with van der Waals surface area (Å²) in [6.07, 6.45) is 2.33. The van der Waals surface area contributed by atoms with Crippen molar-refractivity contribution in [2.24, 2.45) is 0 Å². The molecule has 1 aromatic heterocycles. The second kappa shape index (κ2) is 4.93. The molecule has 0 fully saturated rings. The Kier molecular flexibility index (Phi) is 3.13. The van der Waals surface area contributed by atoms with Gasteiger partial charge in [0, 0.05) is 13.0 Å². The minimum atomic E-state index is -0.265. The third kappa shape index (κ3) is 2.42. The van der Waals surface area contributed by atoms with E-state index in [2.05, 4.69) is 21.6 Å². The number of hydrogen-bond donors (Lipinski definition) is 2. The largest absolute Gasteiger partial charge is 0.493 e. The fourth-order valence-corrected chi connectivity index (χ4v) is 2.23. The molecule has 1 aromatic carbocycles. The standard InChI is InChI=1S/C13H12ClN3O2/c14-10-7-16-17-12(10)13(18)15-6-8-1-2-11-9(5-8)3-4-19-11/h1-2,5,7H,3-4,6H2,(H,15,18)(H,16,17). The Bertz CT molecular complexity index is 624. The normalized spacial score (nSPS) is 12.9. The van der Waals surface area contributed by atoms with Crippen molar-refractivity contribution < 1.29 is 9.53 Å². The van der Waals surface area contributed by atoms with Crippen molar-refractivity contribution in [3.63, 3.8) is 0 Å². The van der Waals surface area contributed by atoms with Crippen LogP contribution in [0.15, 0.2) is 24.4 Å². The number of carbonyl (C=O) groups excluding carboxylic acids is 1. The van der Waals surface area contributed by atoms with Crippen LogP contribution in [0.25, 0.3) is 0 Å². The van der Waals surface area contributed by atoms with E-state index in [1.54, 1.807) is 0 Å². The smallest absolute Gasteiger partial charge is 0.271 e. The van der Waals surface area contributed by atoms with Gasteiger partial charge in [-0.15, -0.1) is 0 Å². The van der Waals surface area contributed by atoms with Gasteiger partial charge < -0.3 is 10.1 Å². The molecule has 0 saturated heterocycles. The van der Waals surface area contributed by atoms with E-state index in [1.807, 2.05) is 12.1 Å². The summed E-state index contributed by atoms with van der Waals surface area (Å²) in [4.78, 5) is 11.8. The molecule has 19 heavy (non-hydrogen) atoms. The van der Waals surface area contributed by atoms with Gasteiger partial charge in [0.15, 0.2) is 0 Å². The van der Waals surface area contributed by atoms with Gasteiger partial charge in [0.1, 0.15) is 11.4 Å². The van der Waals surface area contributed by atoms with E-state index in [9.17, 15) is 4.79 Å². The Hall–Kier alpha value is -2.01. The molecule has 3 rings (SSSR count). The van der Waals surface area contributed by atoms with Crippen LogP contribution in [0.1, 0.15) is 21.6 Å². The molecule has 0 radical (unpaired) electrons. The number of aromatic amines is 1. The second-order valence-electron chi connectivity index (χ2n) is 4.32. The predicted octanol–water partition coefficient (Wildman–Crippen LogP) is 1.93. The lowest BCUT2D eigenvalue weighted by Crippen LogP contribution is -2.23. The number of benzene rings is 1. The highest BCUT2D eigenvalue weighted by Gasteiger charge is 2.14. The lowest BCUT2D eigenvalue weighted by molar-refractivity contribution is 0.0946.